The predicted octanol–water partition coefficient (Wildman–Crippen LogP) is 2.04. The molecule has 1 aromatic carbocycles. The number of fused-ring (bicyclic) bond motifs is 1. The Kier molecular flexibility index (Phi) is 3.81. The third-order valence-corrected chi connectivity index (χ3v) is 3.33. The van der Waals surface area contributed by atoms with Crippen LogP contribution in [0.2, 0.25) is 5.02 Å². The number of nitrogens with two attached hydrogens (primary N) is 2. The topological polar surface area (TPSA) is 86.4 Å². The molecule has 104 valence electrons. The molecule has 2 aromatic rings. The van der Waals surface area contributed by atoms with E-state index in [2.05, 4.69) is 4.99 Å². The van der Waals surface area contributed by atoms with Crippen LogP contribution in [0.5, 0.6) is 0 Å². The number of hydrogen-bond donors (Lipinski definition) is 2. The standard InChI is InChI=1S/C14H15ClN4O/c1-8(13(20)18-14(16)17)6-9-7-10-11(15)4-3-5-12(10)19(9)2/h3-7H,1-2H3,(H4,16,17,18,20)/b8-6+. The highest BCUT2D eigenvalue weighted by atomic mass is 35.5. The summed E-state index contributed by atoms with van der Waals surface area (Å²) >= 11 is 6.15. The third-order valence-electron chi connectivity index (χ3n) is 3.00. The van der Waals surface area contributed by atoms with E-state index in [-0.39, 0.29) is 5.96 Å². The van der Waals surface area contributed by atoms with Crippen LogP contribution in [0, 0.1) is 0 Å². The average molecular weight is 291 g/mol. The number of carbonyl (C=O) groups excluding carboxylic acids is 1. The van der Waals surface area contributed by atoms with E-state index in [0.717, 1.165) is 16.6 Å². The van der Waals surface area contributed by atoms with Crippen molar-refractivity contribution in [2.75, 3.05) is 0 Å². The molecule has 1 amide bonds. The first-order valence-electron chi connectivity index (χ1n) is 5.96. The minimum atomic E-state index is -0.457. The molecule has 20 heavy (non-hydrogen) atoms. The van der Waals surface area contributed by atoms with E-state index in [0.29, 0.717) is 10.6 Å². The van der Waals surface area contributed by atoms with E-state index in [1.54, 1.807) is 13.0 Å². The minimum Gasteiger partial charge on any atom is -0.370 e. The number of nitrogens with zero attached hydrogens (tertiary/aromatic N) is 2. The second kappa shape index (κ2) is 5.38. The molecule has 0 bridgehead atoms. The van der Waals surface area contributed by atoms with Crippen molar-refractivity contribution >= 4 is 40.4 Å². The Labute approximate surface area is 121 Å². The summed E-state index contributed by atoms with van der Waals surface area (Å²) in [7, 11) is 1.91. The minimum absolute atomic E-state index is 0.247. The fourth-order valence-electron chi connectivity index (χ4n) is 1.97. The molecule has 0 fully saturated rings. The summed E-state index contributed by atoms with van der Waals surface area (Å²) in [5, 5.41) is 1.61. The number of carbonyl (C=O) groups is 1. The summed E-state index contributed by atoms with van der Waals surface area (Å²) < 4.78 is 1.95. The molecule has 4 N–H and O–H groups in total. The zero-order chi connectivity index (χ0) is 14.9. The van der Waals surface area contributed by atoms with Crippen molar-refractivity contribution in [3.63, 3.8) is 0 Å². The summed E-state index contributed by atoms with van der Waals surface area (Å²) in [5.41, 5.74) is 12.7. The number of guanidine groups is 1. The molecule has 0 atom stereocenters. The van der Waals surface area contributed by atoms with Gasteiger partial charge >= 0.3 is 0 Å². The first kappa shape index (κ1) is 14.1. The van der Waals surface area contributed by atoms with Gasteiger partial charge in [0.2, 0.25) is 0 Å². The van der Waals surface area contributed by atoms with Crippen LogP contribution >= 0.6 is 11.6 Å². The van der Waals surface area contributed by atoms with Crippen molar-refractivity contribution in [1.82, 2.24) is 4.57 Å². The highest BCUT2D eigenvalue weighted by molar-refractivity contribution is 6.35. The molecule has 0 saturated heterocycles. The maximum atomic E-state index is 11.7. The van der Waals surface area contributed by atoms with Crippen molar-refractivity contribution < 1.29 is 4.79 Å². The average Bonchev–Trinajstić information content (AvgIpc) is 2.68. The molecule has 0 aliphatic rings. The predicted molar refractivity (Wildman–Crippen MR) is 82.4 cm³/mol. The summed E-state index contributed by atoms with van der Waals surface area (Å²) in [6, 6.07) is 7.60. The summed E-state index contributed by atoms with van der Waals surface area (Å²) in [6.45, 7) is 1.66. The molecule has 6 heteroatoms. The molecule has 0 saturated carbocycles. The smallest absolute Gasteiger partial charge is 0.275 e. The number of amides is 1. The second-order valence-electron chi connectivity index (χ2n) is 4.47. The summed E-state index contributed by atoms with van der Waals surface area (Å²) in [5.74, 6) is -0.704. The quantitative estimate of drug-likeness (QED) is 0.504. The molecule has 1 heterocycles. The van der Waals surface area contributed by atoms with Crippen molar-refractivity contribution in [3.05, 3.63) is 40.6 Å². The van der Waals surface area contributed by atoms with Crippen LogP contribution in [0.15, 0.2) is 34.8 Å². The maximum absolute atomic E-state index is 11.7. The van der Waals surface area contributed by atoms with Crippen molar-refractivity contribution in [2.45, 2.75) is 6.92 Å². The Morgan fingerprint density at radius 1 is 1.40 bits per heavy atom. The molecule has 0 aliphatic carbocycles. The van der Waals surface area contributed by atoms with Gasteiger partial charge in [0.25, 0.3) is 5.91 Å². The molecule has 1 aromatic heterocycles. The molecular weight excluding hydrogens is 276 g/mol. The Morgan fingerprint density at radius 2 is 2.10 bits per heavy atom. The first-order valence-corrected chi connectivity index (χ1v) is 6.34. The largest absolute Gasteiger partial charge is 0.370 e. The van der Waals surface area contributed by atoms with Gasteiger partial charge in [-0.05, 0) is 31.2 Å². The number of benzene rings is 1. The van der Waals surface area contributed by atoms with Crippen LogP contribution in [0.3, 0.4) is 0 Å². The number of aliphatic imine (C=N–C) groups is 1. The van der Waals surface area contributed by atoms with E-state index < -0.39 is 5.91 Å². The lowest BCUT2D eigenvalue weighted by Crippen LogP contribution is -2.24. The van der Waals surface area contributed by atoms with E-state index >= 15 is 0 Å². The maximum Gasteiger partial charge on any atom is 0.275 e. The Hall–Kier alpha value is -2.27. The highest BCUT2D eigenvalue weighted by Crippen LogP contribution is 2.27. The second-order valence-corrected chi connectivity index (χ2v) is 4.88. The van der Waals surface area contributed by atoms with E-state index in [9.17, 15) is 4.79 Å². The number of rotatable bonds is 2. The van der Waals surface area contributed by atoms with Crippen LogP contribution in [-0.4, -0.2) is 16.4 Å². The van der Waals surface area contributed by atoms with Gasteiger partial charge in [0.1, 0.15) is 0 Å². The number of aromatic nitrogens is 1. The van der Waals surface area contributed by atoms with E-state index in [4.69, 9.17) is 23.1 Å². The zero-order valence-corrected chi connectivity index (χ0v) is 12.0. The van der Waals surface area contributed by atoms with Gasteiger partial charge in [0.15, 0.2) is 5.96 Å². The molecule has 0 aliphatic heterocycles. The Bertz CT molecular complexity index is 739. The van der Waals surface area contributed by atoms with Crippen LogP contribution in [0.25, 0.3) is 17.0 Å². The monoisotopic (exact) mass is 290 g/mol. The Morgan fingerprint density at radius 3 is 2.70 bits per heavy atom. The molecule has 2 rings (SSSR count). The van der Waals surface area contributed by atoms with Crippen molar-refractivity contribution in [3.8, 4) is 0 Å². The van der Waals surface area contributed by atoms with Crippen LogP contribution in [0.4, 0.5) is 0 Å². The van der Waals surface area contributed by atoms with Gasteiger partial charge in [-0.15, -0.1) is 0 Å². The van der Waals surface area contributed by atoms with Gasteiger partial charge in [0, 0.05) is 34.2 Å². The van der Waals surface area contributed by atoms with E-state index in [1.807, 2.05) is 35.9 Å². The summed E-state index contributed by atoms with van der Waals surface area (Å²) in [6.07, 6.45) is 1.73. The lowest BCUT2D eigenvalue weighted by atomic mass is 10.2. The van der Waals surface area contributed by atoms with Crippen LogP contribution in [-0.2, 0) is 11.8 Å². The number of halogens is 1. The molecule has 0 unspecified atom stereocenters. The SMILES string of the molecule is C/C(=C\c1cc2c(Cl)cccc2n1C)C(=O)N=C(N)N. The normalized spacial score (nSPS) is 11.7. The van der Waals surface area contributed by atoms with Gasteiger partial charge in [-0.2, -0.15) is 4.99 Å². The van der Waals surface area contributed by atoms with Gasteiger partial charge in [-0.25, -0.2) is 0 Å². The molecule has 0 radical (unpaired) electrons. The van der Waals surface area contributed by atoms with Crippen LogP contribution in [0.1, 0.15) is 12.6 Å². The van der Waals surface area contributed by atoms with Crippen LogP contribution < -0.4 is 11.5 Å². The molecule has 0 spiro atoms. The van der Waals surface area contributed by atoms with Gasteiger partial charge in [0.05, 0.1) is 0 Å². The van der Waals surface area contributed by atoms with E-state index in [1.165, 1.54) is 0 Å². The highest BCUT2D eigenvalue weighted by Gasteiger charge is 2.09. The van der Waals surface area contributed by atoms with Crippen molar-refractivity contribution in [2.24, 2.45) is 23.5 Å². The fourth-order valence-corrected chi connectivity index (χ4v) is 2.20. The van der Waals surface area contributed by atoms with Gasteiger partial charge in [-0.1, -0.05) is 17.7 Å². The summed E-state index contributed by atoms with van der Waals surface area (Å²) in [4.78, 5) is 15.2. The number of aryl methyl sites for hydroxylation is 1. The first-order chi connectivity index (χ1) is 9.40. The Balaban J connectivity index is 2.49. The fraction of sp³-hybridized carbons (Fsp3) is 0.143. The van der Waals surface area contributed by atoms with Gasteiger partial charge < -0.3 is 16.0 Å². The van der Waals surface area contributed by atoms with Gasteiger partial charge in [-0.3, -0.25) is 4.79 Å². The lowest BCUT2D eigenvalue weighted by Gasteiger charge is -2.01. The third kappa shape index (κ3) is 2.67. The zero-order valence-electron chi connectivity index (χ0n) is 11.2. The lowest BCUT2D eigenvalue weighted by molar-refractivity contribution is -0.114. The molecule has 5 nitrogen and oxygen atoms in total. The van der Waals surface area contributed by atoms with Crippen molar-refractivity contribution in [1.29, 1.82) is 0 Å². The number of hydrogen-bond acceptors (Lipinski definition) is 1. The molecular formula is C14H15ClN4O.